The Bertz CT molecular complexity index is 695. The predicted molar refractivity (Wildman–Crippen MR) is 73.8 cm³/mol. The quantitative estimate of drug-likeness (QED) is 0.846. The molecule has 0 aliphatic rings. The number of aryl methyl sites for hydroxylation is 1. The summed E-state index contributed by atoms with van der Waals surface area (Å²) in [6.45, 7) is 3.43. The highest BCUT2D eigenvalue weighted by atomic mass is 32.2. The first-order valence-corrected chi connectivity index (χ1v) is 7.52. The number of pyridine rings is 1. The van der Waals surface area contributed by atoms with Crippen molar-refractivity contribution in [2.75, 3.05) is 11.3 Å². The van der Waals surface area contributed by atoms with Crippen LogP contribution in [0.1, 0.15) is 11.4 Å². The highest BCUT2D eigenvalue weighted by molar-refractivity contribution is 7.92. The van der Waals surface area contributed by atoms with E-state index in [-0.39, 0.29) is 23.9 Å². The molecule has 0 atom stereocenters. The summed E-state index contributed by atoms with van der Waals surface area (Å²) in [6, 6.07) is 4.97. The lowest BCUT2D eigenvalue weighted by molar-refractivity contribution is 0.267. The van der Waals surface area contributed by atoms with Gasteiger partial charge < -0.3 is 5.11 Å². The van der Waals surface area contributed by atoms with Gasteiger partial charge in [0.05, 0.1) is 24.5 Å². The fourth-order valence-electron chi connectivity index (χ4n) is 1.99. The van der Waals surface area contributed by atoms with Crippen LogP contribution in [0.15, 0.2) is 29.3 Å². The van der Waals surface area contributed by atoms with E-state index in [1.807, 2.05) is 0 Å². The first-order valence-electron chi connectivity index (χ1n) is 6.04. The van der Waals surface area contributed by atoms with Gasteiger partial charge in [-0.1, -0.05) is 6.07 Å². The smallest absolute Gasteiger partial charge is 0.266 e. The second kappa shape index (κ2) is 5.59. The number of hydrogen-bond donors (Lipinski definition) is 2. The van der Waals surface area contributed by atoms with E-state index in [4.69, 9.17) is 5.11 Å². The molecule has 0 aromatic carbocycles. The van der Waals surface area contributed by atoms with Crippen molar-refractivity contribution in [2.45, 2.75) is 25.3 Å². The molecule has 0 aliphatic carbocycles. The number of nitrogens with one attached hydrogen (secondary N) is 1. The number of nitrogens with zero attached hydrogens (tertiary/aromatic N) is 3. The van der Waals surface area contributed by atoms with Gasteiger partial charge in [-0.05, 0) is 26.0 Å². The van der Waals surface area contributed by atoms with Crippen LogP contribution in [0.2, 0.25) is 0 Å². The van der Waals surface area contributed by atoms with Gasteiger partial charge in [-0.25, -0.2) is 13.4 Å². The first-order chi connectivity index (χ1) is 9.45. The van der Waals surface area contributed by atoms with E-state index in [1.54, 1.807) is 32.0 Å². The van der Waals surface area contributed by atoms with Crippen molar-refractivity contribution in [1.29, 1.82) is 0 Å². The van der Waals surface area contributed by atoms with Gasteiger partial charge in [0.2, 0.25) is 0 Å². The average Bonchev–Trinajstić information content (AvgIpc) is 2.66. The third-order valence-electron chi connectivity index (χ3n) is 2.80. The Morgan fingerprint density at radius 3 is 2.70 bits per heavy atom. The van der Waals surface area contributed by atoms with Crippen LogP contribution in [0.3, 0.4) is 0 Å². The van der Waals surface area contributed by atoms with E-state index in [0.29, 0.717) is 11.4 Å². The van der Waals surface area contributed by atoms with Crippen molar-refractivity contribution < 1.29 is 13.5 Å². The lowest BCUT2D eigenvalue weighted by Crippen LogP contribution is -2.16. The molecule has 0 fully saturated rings. The van der Waals surface area contributed by atoms with Crippen molar-refractivity contribution in [3.8, 4) is 0 Å². The van der Waals surface area contributed by atoms with Gasteiger partial charge >= 0.3 is 0 Å². The maximum atomic E-state index is 12.4. The number of sulfonamides is 1. The topological polar surface area (TPSA) is 97.1 Å². The number of anilines is 1. The number of aromatic nitrogens is 3. The van der Waals surface area contributed by atoms with Crippen LogP contribution in [0.4, 0.5) is 5.82 Å². The normalized spacial score (nSPS) is 11.6. The minimum atomic E-state index is -3.75. The molecule has 2 aromatic rings. The Labute approximate surface area is 117 Å². The largest absolute Gasteiger partial charge is 0.394 e. The molecule has 2 aromatic heterocycles. The minimum absolute atomic E-state index is 0.102. The number of aliphatic hydroxyl groups excluding tert-OH is 1. The SMILES string of the molecule is Cc1nn(CCO)c(C)c1S(=O)(=O)Nc1ccccn1. The third kappa shape index (κ3) is 2.81. The van der Waals surface area contributed by atoms with E-state index in [1.165, 1.54) is 10.9 Å². The van der Waals surface area contributed by atoms with Crippen LogP contribution in [0.5, 0.6) is 0 Å². The van der Waals surface area contributed by atoms with E-state index < -0.39 is 10.0 Å². The molecule has 0 amide bonds. The Morgan fingerprint density at radius 2 is 2.10 bits per heavy atom. The Balaban J connectivity index is 2.40. The molecule has 108 valence electrons. The summed E-state index contributed by atoms with van der Waals surface area (Å²) in [4.78, 5) is 4.06. The molecule has 0 radical (unpaired) electrons. The van der Waals surface area contributed by atoms with Crippen molar-refractivity contribution in [3.05, 3.63) is 35.8 Å². The molecule has 2 rings (SSSR count). The van der Waals surface area contributed by atoms with Gasteiger partial charge in [0.15, 0.2) is 0 Å². The highest BCUT2D eigenvalue weighted by Gasteiger charge is 2.24. The molecule has 20 heavy (non-hydrogen) atoms. The maximum Gasteiger partial charge on any atom is 0.266 e. The van der Waals surface area contributed by atoms with Gasteiger partial charge in [-0.15, -0.1) is 0 Å². The predicted octanol–water partition coefficient (Wildman–Crippen LogP) is 0.688. The van der Waals surface area contributed by atoms with Crippen molar-refractivity contribution in [3.63, 3.8) is 0 Å². The summed E-state index contributed by atoms with van der Waals surface area (Å²) in [5.74, 6) is 0.251. The van der Waals surface area contributed by atoms with Crippen LogP contribution < -0.4 is 4.72 Å². The number of hydrogen-bond acceptors (Lipinski definition) is 5. The van der Waals surface area contributed by atoms with Gasteiger partial charge in [0.1, 0.15) is 10.7 Å². The van der Waals surface area contributed by atoms with Crippen LogP contribution in [-0.2, 0) is 16.6 Å². The molecule has 0 saturated heterocycles. The van der Waals surface area contributed by atoms with Gasteiger partial charge in [-0.2, -0.15) is 5.10 Å². The molecule has 2 heterocycles. The summed E-state index contributed by atoms with van der Waals surface area (Å²) >= 11 is 0. The van der Waals surface area contributed by atoms with E-state index in [2.05, 4.69) is 14.8 Å². The Morgan fingerprint density at radius 1 is 1.35 bits per heavy atom. The van der Waals surface area contributed by atoms with Crippen molar-refractivity contribution in [1.82, 2.24) is 14.8 Å². The summed E-state index contributed by atoms with van der Waals surface area (Å²) in [5.41, 5.74) is 0.874. The van der Waals surface area contributed by atoms with Crippen LogP contribution in [0.25, 0.3) is 0 Å². The van der Waals surface area contributed by atoms with Gasteiger partial charge in [0.25, 0.3) is 10.0 Å². The molecule has 0 bridgehead atoms. The molecular formula is C12H16N4O3S. The molecule has 7 nitrogen and oxygen atoms in total. The Kier molecular flexibility index (Phi) is 4.05. The summed E-state index contributed by atoms with van der Waals surface area (Å²) < 4.78 is 28.7. The number of rotatable bonds is 5. The number of aliphatic hydroxyl groups is 1. The van der Waals surface area contributed by atoms with Crippen molar-refractivity contribution >= 4 is 15.8 Å². The highest BCUT2D eigenvalue weighted by Crippen LogP contribution is 2.21. The first kappa shape index (κ1) is 14.5. The van der Waals surface area contributed by atoms with Crippen LogP contribution >= 0.6 is 0 Å². The average molecular weight is 296 g/mol. The van der Waals surface area contributed by atoms with Gasteiger partial charge in [0, 0.05) is 6.20 Å². The van der Waals surface area contributed by atoms with E-state index in [9.17, 15) is 8.42 Å². The second-order valence-electron chi connectivity index (χ2n) is 4.27. The molecule has 2 N–H and O–H groups in total. The zero-order valence-corrected chi connectivity index (χ0v) is 12.1. The molecule has 0 unspecified atom stereocenters. The summed E-state index contributed by atoms with van der Waals surface area (Å²) in [7, 11) is -3.75. The molecule has 0 aliphatic heterocycles. The summed E-state index contributed by atoms with van der Waals surface area (Å²) in [6.07, 6.45) is 1.51. The molecule has 0 saturated carbocycles. The monoisotopic (exact) mass is 296 g/mol. The lowest BCUT2D eigenvalue weighted by atomic mass is 10.4. The minimum Gasteiger partial charge on any atom is -0.394 e. The molecular weight excluding hydrogens is 280 g/mol. The van der Waals surface area contributed by atoms with Gasteiger partial charge in [-0.3, -0.25) is 9.40 Å². The second-order valence-corrected chi connectivity index (χ2v) is 5.89. The standard InChI is InChI=1S/C12H16N4O3S/c1-9-12(10(2)16(14-9)7-8-17)20(18,19)15-11-5-3-4-6-13-11/h3-6,17H,7-8H2,1-2H3,(H,13,15). The Hall–Kier alpha value is -1.93. The van der Waals surface area contributed by atoms with Crippen molar-refractivity contribution in [2.24, 2.45) is 0 Å². The zero-order chi connectivity index (χ0) is 14.8. The van der Waals surface area contributed by atoms with E-state index >= 15 is 0 Å². The third-order valence-corrected chi connectivity index (χ3v) is 4.41. The maximum absolute atomic E-state index is 12.4. The zero-order valence-electron chi connectivity index (χ0n) is 11.2. The molecule has 8 heteroatoms. The fraction of sp³-hybridized carbons (Fsp3) is 0.333. The summed E-state index contributed by atoms with van der Waals surface area (Å²) in [5, 5.41) is 13.1. The molecule has 0 spiro atoms. The lowest BCUT2D eigenvalue weighted by Gasteiger charge is -2.07. The fourth-order valence-corrected chi connectivity index (χ4v) is 3.42. The van der Waals surface area contributed by atoms with Crippen LogP contribution in [0, 0.1) is 13.8 Å². The van der Waals surface area contributed by atoms with E-state index in [0.717, 1.165) is 0 Å². The van der Waals surface area contributed by atoms with Crippen LogP contribution in [-0.4, -0.2) is 34.9 Å².